The fourth-order valence-electron chi connectivity index (χ4n) is 5.52. The molecule has 2 aromatic heterocycles. The number of hydrogen-bond donors (Lipinski definition) is 2. The number of nitrogens with zero attached hydrogens (tertiary/aromatic N) is 5. The molecule has 1 aromatic carbocycles. The molecule has 2 N–H and O–H groups in total. The summed E-state index contributed by atoms with van der Waals surface area (Å²) in [5.41, 5.74) is 2.51. The van der Waals surface area contributed by atoms with Gasteiger partial charge in [0, 0.05) is 30.2 Å². The van der Waals surface area contributed by atoms with Crippen LogP contribution < -0.4 is 10.6 Å². The van der Waals surface area contributed by atoms with Crippen LogP contribution in [0.2, 0.25) is 0 Å². The molecule has 3 aromatic rings. The molecule has 230 valence electrons. The van der Waals surface area contributed by atoms with Crippen molar-refractivity contribution in [3.8, 4) is 0 Å². The van der Waals surface area contributed by atoms with E-state index < -0.39 is 23.5 Å². The van der Waals surface area contributed by atoms with E-state index >= 15 is 0 Å². The maximum absolute atomic E-state index is 13.6. The molecular weight excluding hydrogens is 546 g/mol. The Morgan fingerprint density at radius 1 is 1.07 bits per heavy atom. The summed E-state index contributed by atoms with van der Waals surface area (Å²) in [5.74, 6) is -0.340. The Morgan fingerprint density at radius 2 is 1.84 bits per heavy atom. The van der Waals surface area contributed by atoms with Crippen molar-refractivity contribution in [1.29, 1.82) is 0 Å². The van der Waals surface area contributed by atoms with Gasteiger partial charge >= 0.3 is 17.9 Å². The number of likely N-dealkylation sites (N-methyl/N-ethyl adjacent to an activating group) is 1. The van der Waals surface area contributed by atoms with E-state index in [9.17, 15) is 14.4 Å². The smallest absolute Gasteiger partial charge is 0.413 e. The van der Waals surface area contributed by atoms with Gasteiger partial charge in [-0.15, -0.1) is 0 Å². The number of pyridine rings is 1. The van der Waals surface area contributed by atoms with Gasteiger partial charge in [0.1, 0.15) is 11.4 Å². The van der Waals surface area contributed by atoms with Crippen molar-refractivity contribution in [2.45, 2.75) is 77.5 Å². The first kappa shape index (κ1) is 30.5. The molecule has 1 saturated carbocycles. The van der Waals surface area contributed by atoms with Crippen LogP contribution in [0.5, 0.6) is 0 Å². The second kappa shape index (κ2) is 12.3. The molecule has 3 heterocycles. The molecule has 0 spiro atoms. The molecule has 11 heteroatoms. The van der Waals surface area contributed by atoms with Gasteiger partial charge in [-0.25, -0.2) is 9.78 Å². The molecule has 1 aliphatic carbocycles. The number of hydrogen-bond acceptors (Lipinski definition) is 7. The molecule has 0 bridgehead atoms. The lowest BCUT2D eigenvalue weighted by atomic mass is 9.89. The molecule has 1 saturated heterocycles. The van der Waals surface area contributed by atoms with Gasteiger partial charge < -0.3 is 19.9 Å². The van der Waals surface area contributed by atoms with E-state index in [4.69, 9.17) is 4.74 Å². The fourth-order valence-corrected chi connectivity index (χ4v) is 5.52. The Morgan fingerprint density at radius 3 is 2.53 bits per heavy atom. The zero-order valence-corrected chi connectivity index (χ0v) is 26.0. The molecule has 43 heavy (non-hydrogen) atoms. The Bertz CT molecular complexity index is 1510. The van der Waals surface area contributed by atoms with Crippen LogP contribution in [-0.4, -0.2) is 75.3 Å². The standard InChI is InChI=1S/C32H43N7O4/c1-20-7-12-27(22-10-11-26-23(15-22)19-38(36-26)14-13-37(5)6)39(18-20)30(41)29(40)34-24-16-25(21-8-9-21)28(33-17-24)35-31(42)43-32(2,3)4/h10-11,15-17,19-21,27H,7-9,12-14,18H2,1-6H3,(H,34,40)(H,33,35,42)/t20-,27+/m0/s1. The molecular formula is C32H43N7O4. The van der Waals surface area contributed by atoms with Crippen molar-refractivity contribution in [2.75, 3.05) is 37.8 Å². The van der Waals surface area contributed by atoms with Crippen molar-refractivity contribution < 1.29 is 19.1 Å². The van der Waals surface area contributed by atoms with Crippen LogP contribution in [0.3, 0.4) is 0 Å². The van der Waals surface area contributed by atoms with Crippen molar-refractivity contribution >= 4 is 40.3 Å². The second-order valence-electron chi connectivity index (χ2n) is 13.2. The minimum Gasteiger partial charge on any atom is -0.444 e. The van der Waals surface area contributed by atoms with E-state index in [1.165, 1.54) is 6.20 Å². The minimum atomic E-state index is -0.701. The van der Waals surface area contributed by atoms with Crippen LogP contribution >= 0.6 is 0 Å². The number of anilines is 2. The number of nitrogens with one attached hydrogen (secondary N) is 2. The number of fused-ring (bicyclic) bond motifs is 1. The number of ether oxygens (including phenoxy) is 1. The van der Waals surface area contributed by atoms with Crippen LogP contribution in [0.15, 0.2) is 36.7 Å². The van der Waals surface area contributed by atoms with E-state index in [0.717, 1.165) is 60.8 Å². The quantitative estimate of drug-likeness (QED) is 0.365. The summed E-state index contributed by atoms with van der Waals surface area (Å²) >= 11 is 0. The van der Waals surface area contributed by atoms with E-state index in [2.05, 4.69) is 38.6 Å². The van der Waals surface area contributed by atoms with E-state index in [0.29, 0.717) is 18.1 Å². The summed E-state index contributed by atoms with van der Waals surface area (Å²) in [6.07, 6.45) is 6.59. The van der Waals surface area contributed by atoms with Gasteiger partial charge in [0.2, 0.25) is 0 Å². The van der Waals surface area contributed by atoms with E-state index in [-0.39, 0.29) is 17.9 Å². The van der Waals surface area contributed by atoms with Crippen LogP contribution in [0.1, 0.15) is 76.5 Å². The van der Waals surface area contributed by atoms with Crippen molar-refractivity contribution in [2.24, 2.45) is 5.92 Å². The van der Waals surface area contributed by atoms with Gasteiger partial charge in [-0.2, -0.15) is 5.10 Å². The first-order valence-electron chi connectivity index (χ1n) is 15.1. The van der Waals surface area contributed by atoms with Crippen LogP contribution in [0.4, 0.5) is 16.3 Å². The first-order valence-corrected chi connectivity index (χ1v) is 15.1. The summed E-state index contributed by atoms with van der Waals surface area (Å²) in [5, 5.41) is 11.2. The highest BCUT2D eigenvalue weighted by atomic mass is 16.6. The molecule has 2 fully saturated rings. The van der Waals surface area contributed by atoms with Gasteiger partial charge in [0.15, 0.2) is 0 Å². The molecule has 3 amide bonds. The van der Waals surface area contributed by atoms with Gasteiger partial charge in [0.05, 0.1) is 30.0 Å². The Kier molecular flexibility index (Phi) is 8.73. The highest BCUT2D eigenvalue weighted by Gasteiger charge is 2.35. The third-order valence-electron chi connectivity index (χ3n) is 7.82. The normalized spacial score (nSPS) is 19.0. The molecule has 2 aliphatic rings. The Labute approximate surface area is 253 Å². The minimum absolute atomic E-state index is 0.204. The number of carbonyl (C=O) groups is 3. The summed E-state index contributed by atoms with van der Waals surface area (Å²) in [4.78, 5) is 47.5. The average molecular weight is 590 g/mol. The molecule has 0 radical (unpaired) electrons. The largest absolute Gasteiger partial charge is 0.444 e. The third-order valence-corrected chi connectivity index (χ3v) is 7.82. The van der Waals surface area contributed by atoms with Gasteiger partial charge in [-0.05, 0) is 96.1 Å². The highest BCUT2D eigenvalue weighted by molar-refractivity contribution is 6.39. The predicted molar refractivity (Wildman–Crippen MR) is 166 cm³/mol. The average Bonchev–Trinajstić information content (AvgIpc) is 3.69. The molecule has 0 unspecified atom stereocenters. The number of carbonyl (C=O) groups excluding carboxylic acids is 3. The fraction of sp³-hybridized carbons (Fsp3) is 0.531. The zero-order valence-electron chi connectivity index (χ0n) is 26.0. The first-order chi connectivity index (χ1) is 20.4. The summed E-state index contributed by atoms with van der Waals surface area (Å²) in [6, 6.07) is 7.70. The second-order valence-corrected chi connectivity index (χ2v) is 13.2. The Hall–Kier alpha value is -3.99. The summed E-state index contributed by atoms with van der Waals surface area (Å²) in [7, 11) is 4.07. The predicted octanol–water partition coefficient (Wildman–Crippen LogP) is 5.16. The number of piperidine rings is 1. The van der Waals surface area contributed by atoms with Crippen LogP contribution in [0, 0.1) is 5.92 Å². The Balaban J connectivity index is 1.31. The summed E-state index contributed by atoms with van der Waals surface area (Å²) < 4.78 is 7.32. The maximum Gasteiger partial charge on any atom is 0.413 e. The maximum atomic E-state index is 13.6. The molecule has 11 nitrogen and oxygen atoms in total. The SMILES string of the molecule is C[C@H]1CC[C@H](c2ccc3nn(CCN(C)C)cc3c2)N(C(=O)C(=O)Nc2cnc(NC(=O)OC(C)(C)C)c(C3CC3)c2)C1. The number of rotatable bonds is 7. The highest BCUT2D eigenvalue weighted by Crippen LogP contribution is 2.44. The number of likely N-dealkylation sites (tertiary alicyclic amines) is 1. The van der Waals surface area contributed by atoms with Crippen LogP contribution in [-0.2, 0) is 20.9 Å². The monoisotopic (exact) mass is 589 g/mol. The lowest BCUT2D eigenvalue weighted by Crippen LogP contribution is -2.46. The van der Waals surface area contributed by atoms with Gasteiger partial charge in [-0.3, -0.25) is 19.6 Å². The molecule has 1 aliphatic heterocycles. The van der Waals surface area contributed by atoms with Gasteiger partial charge in [-0.1, -0.05) is 13.0 Å². The number of benzene rings is 1. The van der Waals surface area contributed by atoms with Crippen LogP contribution in [0.25, 0.3) is 10.9 Å². The van der Waals surface area contributed by atoms with Crippen molar-refractivity contribution in [3.63, 3.8) is 0 Å². The lowest BCUT2D eigenvalue weighted by molar-refractivity contribution is -0.146. The number of aromatic nitrogens is 3. The van der Waals surface area contributed by atoms with E-state index in [1.807, 2.05) is 37.1 Å². The molecule has 5 rings (SSSR count). The van der Waals surface area contributed by atoms with Crippen molar-refractivity contribution in [1.82, 2.24) is 24.6 Å². The zero-order chi connectivity index (χ0) is 30.9. The topological polar surface area (TPSA) is 122 Å². The van der Waals surface area contributed by atoms with Crippen molar-refractivity contribution in [3.05, 3.63) is 47.8 Å². The molecule has 2 atom stereocenters. The van der Waals surface area contributed by atoms with E-state index in [1.54, 1.807) is 31.7 Å². The van der Waals surface area contributed by atoms with Gasteiger partial charge in [0.25, 0.3) is 0 Å². The third kappa shape index (κ3) is 7.70. The summed E-state index contributed by atoms with van der Waals surface area (Å²) in [6.45, 7) is 9.67. The lowest BCUT2D eigenvalue weighted by Gasteiger charge is -2.38. The number of amides is 3.